The van der Waals surface area contributed by atoms with Crippen LogP contribution in [0.4, 0.5) is 0 Å². The molecule has 4 aromatic rings. The number of rotatable bonds is 6. The smallest absolute Gasteiger partial charge is 0.341 e. The number of benzene rings is 2. The van der Waals surface area contributed by atoms with Crippen molar-refractivity contribution in [3.8, 4) is 17.0 Å². The molecule has 3 heterocycles. The predicted octanol–water partition coefficient (Wildman–Crippen LogP) is 8.19. The van der Waals surface area contributed by atoms with Gasteiger partial charge in [-0.2, -0.15) is 5.10 Å². The molecule has 45 heavy (non-hydrogen) atoms. The minimum absolute atomic E-state index is 0.346. The summed E-state index contributed by atoms with van der Waals surface area (Å²) in [5, 5.41) is 5.90. The normalized spacial score (nSPS) is 15.2. The second kappa shape index (κ2) is 11.9. The zero-order valence-electron chi connectivity index (χ0n) is 27.5. The second-order valence-corrected chi connectivity index (χ2v) is 13.2. The molecule has 6 rings (SSSR count). The molecule has 0 saturated heterocycles. The van der Waals surface area contributed by atoms with Crippen LogP contribution in [-0.2, 0) is 22.6 Å². The molecule has 2 aliphatic rings. The van der Waals surface area contributed by atoms with Crippen molar-refractivity contribution < 1.29 is 23.8 Å². The van der Waals surface area contributed by atoms with Gasteiger partial charge in [0.05, 0.1) is 43.4 Å². The summed E-state index contributed by atoms with van der Waals surface area (Å²) in [6, 6.07) is 12.2. The molecule has 0 spiro atoms. The molecule has 2 aromatic heterocycles. The highest BCUT2D eigenvalue weighted by atomic mass is 16.6. The van der Waals surface area contributed by atoms with E-state index in [2.05, 4.69) is 28.8 Å². The third kappa shape index (κ3) is 5.55. The van der Waals surface area contributed by atoms with Crippen LogP contribution < -0.4 is 4.74 Å². The Morgan fingerprint density at radius 1 is 0.978 bits per heavy atom. The molecule has 1 aliphatic heterocycles. The van der Waals surface area contributed by atoms with Crippen LogP contribution >= 0.6 is 0 Å². The van der Waals surface area contributed by atoms with Gasteiger partial charge in [-0.1, -0.05) is 25.3 Å². The van der Waals surface area contributed by atoms with Gasteiger partial charge in [0.15, 0.2) is 0 Å². The fraction of sp³-hybridized carbons (Fsp3) is 0.432. The van der Waals surface area contributed by atoms with E-state index in [4.69, 9.17) is 19.3 Å². The van der Waals surface area contributed by atoms with Crippen molar-refractivity contribution in [1.29, 1.82) is 0 Å². The number of ether oxygens (including phenoxy) is 3. The minimum Gasteiger partial charge on any atom is -0.497 e. The molecule has 0 unspecified atom stereocenters. The SMILES string of the molecule is CCn1nc(C)c(C(=O)OC)c1C1=Cc2cc(OC)ccc2-c2c(C3CCCCC3)c3ccc(C(=O)OC(C)(C)C)cc3n2C1. The number of hydrogen-bond acceptors (Lipinski definition) is 6. The quantitative estimate of drug-likeness (QED) is 0.205. The Bertz CT molecular complexity index is 1830. The molecule has 0 bridgehead atoms. The van der Waals surface area contributed by atoms with Crippen LogP contribution in [0.2, 0.25) is 0 Å². The molecule has 2 aromatic carbocycles. The summed E-state index contributed by atoms with van der Waals surface area (Å²) in [6.07, 6.45) is 8.06. The summed E-state index contributed by atoms with van der Waals surface area (Å²) in [4.78, 5) is 26.5. The highest BCUT2D eigenvalue weighted by Crippen LogP contribution is 2.48. The molecule has 1 aliphatic carbocycles. The van der Waals surface area contributed by atoms with Gasteiger partial charge in [0.1, 0.15) is 16.9 Å². The molecule has 0 atom stereocenters. The van der Waals surface area contributed by atoms with Crippen molar-refractivity contribution >= 4 is 34.5 Å². The lowest BCUT2D eigenvalue weighted by Gasteiger charge is -2.24. The molecule has 0 radical (unpaired) electrons. The highest BCUT2D eigenvalue weighted by molar-refractivity contribution is 6.03. The number of aryl methyl sites for hydroxylation is 2. The Labute approximate surface area is 265 Å². The number of carbonyl (C=O) groups excluding carboxylic acids is 2. The predicted molar refractivity (Wildman–Crippen MR) is 177 cm³/mol. The zero-order chi connectivity index (χ0) is 32.0. The molecule has 1 fully saturated rings. The summed E-state index contributed by atoms with van der Waals surface area (Å²) in [6.45, 7) is 10.6. The first-order valence-electron chi connectivity index (χ1n) is 16.0. The van der Waals surface area contributed by atoms with Gasteiger partial charge in [0.25, 0.3) is 0 Å². The van der Waals surface area contributed by atoms with E-state index in [-0.39, 0.29) is 5.97 Å². The number of aromatic nitrogens is 3. The molecular weight excluding hydrogens is 566 g/mol. The first kappa shape index (κ1) is 30.7. The van der Waals surface area contributed by atoms with E-state index >= 15 is 0 Å². The van der Waals surface area contributed by atoms with Crippen LogP contribution in [0, 0.1) is 6.92 Å². The summed E-state index contributed by atoms with van der Waals surface area (Å²) in [7, 11) is 3.08. The van der Waals surface area contributed by atoms with E-state index in [0.717, 1.165) is 57.6 Å². The van der Waals surface area contributed by atoms with E-state index in [0.29, 0.717) is 35.8 Å². The van der Waals surface area contributed by atoms with Crippen LogP contribution in [0.3, 0.4) is 0 Å². The van der Waals surface area contributed by atoms with E-state index in [1.807, 2.05) is 57.5 Å². The standard InChI is InChI=1S/C37H43N3O5/c1-8-40-33(31(22(2)38-40)36(42)44-7)26-18-25-19-27(43-6)15-17-28(25)34-32(23-12-10-9-11-13-23)29-16-14-24(20-30(29)39(34)21-26)35(41)45-37(3,4)5/h14-20,23H,8-13,21H2,1-7H3. The fourth-order valence-electron chi connectivity index (χ4n) is 7.13. The number of fused-ring (bicyclic) bond motifs is 5. The van der Waals surface area contributed by atoms with Gasteiger partial charge in [-0.3, -0.25) is 4.68 Å². The highest BCUT2D eigenvalue weighted by Gasteiger charge is 2.32. The third-order valence-corrected chi connectivity index (χ3v) is 9.04. The van der Waals surface area contributed by atoms with Gasteiger partial charge in [0.2, 0.25) is 0 Å². The van der Waals surface area contributed by atoms with Crippen molar-refractivity contribution in [1.82, 2.24) is 14.3 Å². The van der Waals surface area contributed by atoms with Gasteiger partial charge in [-0.15, -0.1) is 0 Å². The Hall–Kier alpha value is -4.33. The largest absolute Gasteiger partial charge is 0.497 e. The Morgan fingerprint density at radius 3 is 2.40 bits per heavy atom. The van der Waals surface area contributed by atoms with Crippen LogP contribution in [0.1, 0.15) is 109 Å². The van der Waals surface area contributed by atoms with Crippen molar-refractivity contribution in [2.45, 2.75) is 91.3 Å². The monoisotopic (exact) mass is 609 g/mol. The maximum atomic E-state index is 13.3. The van der Waals surface area contributed by atoms with E-state index in [1.54, 1.807) is 7.11 Å². The Balaban J connectivity index is 1.67. The van der Waals surface area contributed by atoms with Gasteiger partial charge in [0, 0.05) is 23.0 Å². The number of esters is 2. The first-order valence-corrected chi connectivity index (χ1v) is 16.0. The van der Waals surface area contributed by atoms with Gasteiger partial charge < -0.3 is 18.8 Å². The van der Waals surface area contributed by atoms with E-state index < -0.39 is 11.6 Å². The zero-order valence-corrected chi connectivity index (χ0v) is 27.5. The summed E-state index contributed by atoms with van der Waals surface area (Å²) in [5.41, 5.74) is 8.24. The second-order valence-electron chi connectivity index (χ2n) is 13.2. The van der Waals surface area contributed by atoms with Crippen LogP contribution in [0.25, 0.3) is 33.8 Å². The van der Waals surface area contributed by atoms with Gasteiger partial charge in [-0.05, 0) is 106 Å². The molecule has 8 nitrogen and oxygen atoms in total. The van der Waals surface area contributed by atoms with Crippen LogP contribution in [-0.4, -0.2) is 46.1 Å². The molecule has 8 heteroatoms. The molecule has 0 amide bonds. The van der Waals surface area contributed by atoms with E-state index in [1.165, 1.54) is 31.9 Å². The Morgan fingerprint density at radius 2 is 1.73 bits per heavy atom. The molecule has 1 saturated carbocycles. The van der Waals surface area contributed by atoms with Crippen LogP contribution in [0.15, 0.2) is 36.4 Å². The lowest BCUT2D eigenvalue weighted by molar-refractivity contribution is 0.00694. The number of carbonyl (C=O) groups is 2. The first-order chi connectivity index (χ1) is 21.5. The van der Waals surface area contributed by atoms with Crippen LogP contribution in [0.5, 0.6) is 5.75 Å². The lowest BCUT2D eigenvalue weighted by Crippen LogP contribution is -2.23. The molecule has 236 valence electrons. The Kier molecular flexibility index (Phi) is 8.10. The molecular formula is C37H43N3O5. The summed E-state index contributed by atoms with van der Waals surface area (Å²) < 4.78 is 20.9. The number of nitrogens with zero attached hydrogens (tertiary/aromatic N) is 3. The fourth-order valence-corrected chi connectivity index (χ4v) is 7.13. The van der Waals surface area contributed by atoms with Crippen molar-refractivity contribution in [2.75, 3.05) is 14.2 Å². The molecule has 0 N–H and O–H groups in total. The number of allylic oxidation sites excluding steroid dienone is 1. The van der Waals surface area contributed by atoms with Crippen molar-refractivity contribution in [3.05, 3.63) is 70.0 Å². The summed E-state index contributed by atoms with van der Waals surface area (Å²) >= 11 is 0. The minimum atomic E-state index is -0.607. The van der Waals surface area contributed by atoms with Gasteiger partial charge >= 0.3 is 11.9 Å². The topological polar surface area (TPSA) is 84.6 Å². The maximum absolute atomic E-state index is 13.3. The lowest BCUT2D eigenvalue weighted by atomic mass is 9.81. The average molecular weight is 610 g/mol. The number of hydrogen-bond donors (Lipinski definition) is 0. The summed E-state index contributed by atoms with van der Waals surface area (Å²) in [5.74, 6) is 0.399. The number of methoxy groups -OCH3 is 2. The third-order valence-electron chi connectivity index (χ3n) is 9.04. The maximum Gasteiger partial charge on any atom is 0.341 e. The average Bonchev–Trinajstić information content (AvgIpc) is 3.47. The van der Waals surface area contributed by atoms with E-state index in [9.17, 15) is 9.59 Å². The van der Waals surface area contributed by atoms with Crippen molar-refractivity contribution in [2.24, 2.45) is 0 Å². The van der Waals surface area contributed by atoms with Gasteiger partial charge in [-0.25, -0.2) is 9.59 Å². The van der Waals surface area contributed by atoms with Crippen molar-refractivity contribution in [3.63, 3.8) is 0 Å².